The van der Waals surface area contributed by atoms with E-state index in [0.29, 0.717) is 0 Å². The fraction of sp³-hybridized carbons (Fsp3) is 0.467. The van der Waals surface area contributed by atoms with Crippen molar-refractivity contribution in [2.24, 2.45) is 5.92 Å². The van der Waals surface area contributed by atoms with Crippen molar-refractivity contribution >= 4 is 37.9 Å². The van der Waals surface area contributed by atoms with Crippen molar-refractivity contribution in [3.8, 4) is 0 Å². The van der Waals surface area contributed by atoms with Gasteiger partial charge in [-0.25, -0.2) is 13.2 Å². The predicted molar refractivity (Wildman–Crippen MR) is 91.1 cm³/mol. The molecule has 7 nitrogen and oxygen atoms in total. The van der Waals surface area contributed by atoms with Crippen LogP contribution in [-0.2, 0) is 24.3 Å². The van der Waals surface area contributed by atoms with Gasteiger partial charge < -0.3 is 9.47 Å². The lowest BCUT2D eigenvalue weighted by Crippen LogP contribution is -2.45. The summed E-state index contributed by atoms with van der Waals surface area (Å²) >= 11 is 3.14. The molecule has 0 bridgehead atoms. The van der Waals surface area contributed by atoms with Crippen LogP contribution in [0, 0.1) is 5.92 Å². The average molecular weight is 422 g/mol. The Balaban J connectivity index is 3.15. The lowest BCUT2D eigenvalue weighted by atomic mass is 10.1. The Hall–Kier alpha value is -1.45. The molecule has 1 aromatic carbocycles. The van der Waals surface area contributed by atoms with Crippen LogP contribution < -0.4 is 4.72 Å². The van der Waals surface area contributed by atoms with E-state index in [0.717, 1.165) is 0 Å². The highest BCUT2D eigenvalue weighted by Crippen LogP contribution is 2.24. The molecule has 0 aliphatic heterocycles. The van der Waals surface area contributed by atoms with Gasteiger partial charge in [0.2, 0.25) is 10.0 Å². The number of carbonyl (C=O) groups excluding carboxylic acids is 2. The number of rotatable bonds is 7. The molecule has 0 spiro atoms. The number of benzene rings is 1. The molecule has 1 rings (SSSR count). The van der Waals surface area contributed by atoms with Gasteiger partial charge in [-0.05, 0) is 47.0 Å². The molecule has 0 fully saturated rings. The number of hydrogen-bond donors (Lipinski definition) is 1. The van der Waals surface area contributed by atoms with Gasteiger partial charge in [0.25, 0.3) is 0 Å². The summed E-state index contributed by atoms with van der Waals surface area (Å²) in [5.74, 6) is -1.53. The Labute approximate surface area is 149 Å². The number of hydrogen-bond acceptors (Lipinski definition) is 6. The van der Waals surface area contributed by atoms with Crippen molar-refractivity contribution in [3.05, 3.63) is 28.2 Å². The molecule has 0 unspecified atom stereocenters. The summed E-state index contributed by atoms with van der Waals surface area (Å²) in [6, 6.07) is 2.96. The van der Waals surface area contributed by atoms with Gasteiger partial charge in [0.15, 0.2) is 0 Å². The van der Waals surface area contributed by atoms with Crippen LogP contribution in [0.5, 0.6) is 0 Å². The summed E-state index contributed by atoms with van der Waals surface area (Å²) in [5, 5.41) is 0. The largest absolute Gasteiger partial charge is 0.468 e. The van der Waals surface area contributed by atoms with E-state index in [9.17, 15) is 18.0 Å². The SMILES string of the molecule is CCOC(=O)c1ccc(S(=O)(=O)N[C@@H](C(=O)OC)C(C)C)c(Br)c1. The number of nitrogens with one attached hydrogen (secondary N) is 1. The summed E-state index contributed by atoms with van der Waals surface area (Å²) in [6.07, 6.45) is 0. The summed E-state index contributed by atoms with van der Waals surface area (Å²) in [7, 11) is -2.80. The number of ether oxygens (including phenoxy) is 2. The van der Waals surface area contributed by atoms with E-state index in [1.807, 2.05) is 0 Å². The fourth-order valence-corrected chi connectivity index (χ4v) is 4.28. The van der Waals surface area contributed by atoms with Crippen LogP contribution >= 0.6 is 15.9 Å². The van der Waals surface area contributed by atoms with Crippen LogP contribution in [0.1, 0.15) is 31.1 Å². The fourth-order valence-electron chi connectivity index (χ4n) is 1.87. The zero-order chi connectivity index (χ0) is 18.5. The normalized spacial score (nSPS) is 12.8. The first kappa shape index (κ1) is 20.6. The number of carbonyl (C=O) groups is 2. The number of halogens is 1. The van der Waals surface area contributed by atoms with Crippen molar-refractivity contribution in [3.63, 3.8) is 0 Å². The van der Waals surface area contributed by atoms with Crippen molar-refractivity contribution in [1.82, 2.24) is 4.72 Å². The molecule has 24 heavy (non-hydrogen) atoms. The molecule has 1 atom stereocenters. The number of esters is 2. The molecule has 0 aromatic heterocycles. The van der Waals surface area contributed by atoms with Gasteiger partial charge in [0, 0.05) is 4.47 Å². The van der Waals surface area contributed by atoms with Gasteiger partial charge in [-0.2, -0.15) is 4.72 Å². The van der Waals surface area contributed by atoms with E-state index in [2.05, 4.69) is 25.4 Å². The maximum Gasteiger partial charge on any atom is 0.338 e. The smallest absolute Gasteiger partial charge is 0.338 e. The molecule has 0 aliphatic carbocycles. The summed E-state index contributed by atoms with van der Waals surface area (Å²) in [4.78, 5) is 23.3. The molecule has 1 aromatic rings. The first-order chi connectivity index (χ1) is 11.1. The Morgan fingerprint density at radius 2 is 1.92 bits per heavy atom. The molecule has 1 N–H and O–H groups in total. The van der Waals surface area contributed by atoms with Gasteiger partial charge in [0.1, 0.15) is 6.04 Å². The zero-order valence-electron chi connectivity index (χ0n) is 13.8. The molecule has 0 aliphatic rings. The van der Waals surface area contributed by atoms with E-state index in [4.69, 9.17) is 4.74 Å². The zero-order valence-corrected chi connectivity index (χ0v) is 16.2. The molecule has 0 saturated heterocycles. The van der Waals surface area contributed by atoms with Crippen molar-refractivity contribution < 1.29 is 27.5 Å². The van der Waals surface area contributed by atoms with Crippen LogP contribution in [0.15, 0.2) is 27.6 Å². The Morgan fingerprint density at radius 1 is 1.29 bits per heavy atom. The molecule has 9 heteroatoms. The lowest BCUT2D eigenvalue weighted by molar-refractivity contribution is -0.143. The third-order valence-corrected chi connectivity index (χ3v) is 5.55. The second-order valence-corrected chi connectivity index (χ2v) is 7.77. The minimum absolute atomic E-state index is 0.0925. The molecular formula is C15H20BrNO6S. The monoisotopic (exact) mass is 421 g/mol. The van der Waals surface area contributed by atoms with E-state index in [-0.39, 0.29) is 27.5 Å². The maximum atomic E-state index is 12.5. The van der Waals surface area contributed by atoms with Gasteiger partial charge >= 0.3 is 11.9 Å². The summed E-state index contributed by atoms with van der Waals surface area (Å²) in [6.45, 7) is 5.29. The van der Waals surface area contributed by atoms with Gasteiger partial charge in [-0.1, -0.05) is 13.8 Å². The van der Waals surface area contributed by atoms with Gasteiger partial charge in [-0.3, -0.25) is 4.79 Å². The van der Waals surface area contributed by atoms with Crippen molar-refractivity contribution in [2.75, 3.05) is 13.7 Å². The second-order valence-electron chi connectivity index (χ2n) is 5.23. The molecule has 0 radical (unpaired) electrons. The summed E-state index contributed by atoms with van der Waals surface area (Å²) < 4.78 is 37.1. The standard InChI is InChI=1S/C15H20BrNO6S/c1-5-23-14(18)10-6-7-12(11(16)8-10)24(20,21)17-13(9(2)3)15(19)22-4/h6-9,13,17H,5H2,1-4H3/t13-/m1/s1. The number of methoxy groups -OCH3 is 1. The molecule has 134 valence electrons. The van der Waals surface area contributed by atoms with Crippen LogP contribution in [0.25, 0.3) is 0 Å². The molecule has 0 heterocycles. The van der Waals surface area contributed by atoms with Crippen LogP contribution in [0.2, 0.25) is 0 Å². The highest BCUT2D eigenvalue weighted by Gasteiger charge is 2.30. The van der Waals surface area contributed by atoms with Crippen LogP contribution in [-0.4, -0.2) is 40.1 Å². The Bertz CT molecular complexity index is 717. The van der Waals surface area contributed by atoms with Crippen molar-refractivity contribution in [1.29, 1.82) is 0 Å². The third-order valence-electron chi connectivity index (χ3n) is 3.14. The minimum atomic E-state index is -3.99. The summed E-state index contributed by atoms with van der Waals surface area (Å²) in [5.41, 5.74) is 0.219. The van der Waals surface area contributed by atoms with Gasteiger partial charge in [-0.15, -0.1) is 0 Å². The van der Waals surface area contributed by atoms with Crippen molar-refractivity contribution in [2.45, 2.75) is 31.7 Å². The topological polar surface area (TPSA) is 98.8 Å². The van der Waals surface area contributed by atoms with E-state index in [1.54, 1.807) is 20.8 Å². The number of sulfonamides is 1. The van der Waals surface area contributed by atoms with E-state index >= 15 is 0 Å². The van der Waals surface area contributed by atoms with Crippen LogP contribution in [0.4, 0.5) is 0 Å². The van der Waals surface area contributed by atoms with Gasteiger partial charge in [0.05, 0.1) is 24.2 Å². The Morgan fingerprint density at radius 3 is 2.38 bits per heavy atom. The maximum absolute atomic E-state index is 12.5. The second kappa shape index (κ2) is 8.59. The van der Waals surface area contributed by atoms with Crippen LogP contribution in [0.3, 0.4) is 0 Å². The lowest BCUT2D eigenvalue weighted by Gasteiger charge is -2.20. The quantitative estimate of drug-likeness (QED) is 0.676. The predicted octanol–water partition coefficient (Wildman–Crippen LogP) is 2.10. The first-order valence-corrected chi connectivity index (χ1v) is 9.48. The Kier molecular flexibility index (Phi) is 7.37. The van der Waals surface area contributed by atoms with E-state index < -0.39 is 28.0 Å². The highest BCUT2D eigenvalue weighted by molar-refractivity contribution is 9.10. The molecule has 0 saturated carbocycles. The molecular weight excluding hydrogens is 402 g/mol. The minimum Gasteiger partial charge on any atom is -0.468 e. The molecule has 0 amide bonds. The first-order valence-electron chi connectivity index (χ1n) is 7.20. The average Bonchev–Trinajstić information content (AvgIpc) is 2.51. The van der Waals surface area contributed by atoms with E-state index in [1.165, 1.54) is 25.3 Å². The third kappa shape index (κ3) is 5.02. The highest BCUT2D eigenvalue weighted by atomic mass is 79.9.